The van der Waals surface area contributed by atoms with Gasteiger partial charge in [0.1, 0.15) is 17.4 Å². The molecule has 0 atom stereocenters. The van der Waals surface area contributed by atoms with Gasteiger partial charge in [0, 0.05) is 11.3 Å². The molecule has 6 heteroatoms. The first kappa shape index (κ1) is 14.0. The summed E-state index contributed by atoms with van der Waals surface area (Å²) in [4.78, 5) is 0. The van der Waals surface area contributed by atoms with Gasteiger partial charge in [-0.05, 0) is 30.7 Å². The van der Waals surface area contributed by atoms with Crippen LogP contribution in [-0.2, 0) is 5.75 Å². The quantitative estimate of drug-likeness (QED) is 0.698. The van der Waals surface area contributed by atoms with Crippen molar-refractivity contribution >= 4 is 23.1 Å². The molecule has 98 valence electrons. The van der Waals surface area contributed by atoms with Crippen molar-refractivity contribution in [2.75, 3.05) is 6.61 Å². The molecule has 0 aliphatic heterocycles. The van der Waals surface area contributed by atoms with E-state index < -0.39 is 0 Å². The third kappa shape index (κ3) is 4.31. The Balaban J connectivity index is 2.09. The molecule has 3 nitrogen and oxygen atoms in total. The molecule has 0 fully saturated rings. The van der Waals surface area contributed by atoms with E-state index in [0.717, 1.165) is 14.9 Å². The summed E-state index contributed by atoms with van der Waals surface area (Å²) >= 11 is 3.03. The summed E-state index contributed by atoms with van der Waals surface area (Å²) in [6.45, 7) is 1.66. The molecular formula is C13H11FN2OS2. The van der Waals surface area contributed by atoms with Crippen LogP contribution < -0.4 is 0 Å². The normalized spacial score (nSPS) is 10.1. The topological polar surface area (TPSA) is 46.0 Å². The molecule has 2 aromatic rings. The van der Waals surface area contributed by atoms with Crippen LogP contribution in [0.5, 0.6) is 0 Å². The van der Waals surface area contributed by atoms with Gasteiger partial charge in [-0.15, -0.1) is 10.2 Å². The predicted octanol–water partition coefficient (Wildman–Crippen LogP) is 2.62. The molecule has 0 spiro atoms. The van der Waals surface area contributed by atoms with Crippen molar-refractivity contribution in [1.82, 2.24) is 10.2 Å². The molecule has 0 saturated heterocycles. The number of hydrogen-bond acceptors (Lipinski definition) is 5. The van der Waals surface area contributed by atoms with Crippen LogP contribution in [0.4, 0.5) is 4.39 Å². The largest absolute Gasteiger partial charge is 0.384 e. The van der Waals surface area contributed by atoms with Crippen LogP contribution >= 0.6 is 23.1 Å². The summed E-state index contributed by atoms with van der Waals surface area (Å²) < 4.78 is 14.3. The van der Waals surface area contributed by atoms with Gasteiger partial charge in [-0.1, -0.05) is 34.9 Å². The fraction of sp³-hybridized carbons (Fsp3) is 0.231. The number of rotatable bonds is 3. The average Bonchev–Trinajstić information content (AvgIpc) is 2.79. The lowest BCUT2D eigenvalue weighted by Crippen LogP contribution is -1.87. The van der Waals surface area contributed by atoms with E-state index in [1.165, 1.54) is 35.2 Å². The maximum Gasteiger partial charge on any atom is 0.174 e. The number of benzene rings is 1. The average molecular weight is 294 g/mol. The van der Waals surface area contributed by atoms with E-state index in [1.54, 1.807) is 0 Å². The second-order valence-electron chi connectivity index (χ2n) is 3.68. The van der Waals surface area contributed by atoms with Gasteiger partial charge >= 0.3 is 0 Å². The zero-order valence-corrected chi connectivity index (χ0v) is 11.8. The van der Waals surface area contributed by atoms with Crippen LogP contribution in [0.3, 0.4) is 0 Å². The van der Waals surface area contributed by atoms with Crippen molar-refractivity contribution in [3.63, 3.8) is 0 Å². The van der Waals surface area contributed by atoms with Crippen LogP contribution in [0.25, 0.3) is 0 Å². The Morgan fingerprint density at radius 1 is 1.37 bits per heavy atom. The predicted molar refractivity (Wildman–Crippen MR) is 74.6 cm³/mol. The third-order valence-corrected chi connectivity index (χ3v) is 4.18. The first-order valence-electron chi connectivity index (χ1n) is 5.49. The molecule has 0 aliphatic rings. The van der Waals surface area contributed by atoms with E-state index in [9.17, 15) is 4.39 Å². The molecule has 0 aliphatic carbocycles. The van der Waals surface area contributed by atoms with Gasteiger partial charge in [0.25, 0.3) is 0 Å². The molecule has 19 heavy (non-hydrogen) atoms. The Bertz CT molecular complexity index is 631. The standard InChI is InChI=1S/C13H11FN2OS2/c1-9-15-16-13(19-9)18-8-11-5-10(3-2-4-17)6-12(14)7-11/h5-7,17H,4,8H2,1H3. The minimum Gasteiger partial charge on any atom is -0.384 e. The molecule has 1 heterocycles. The Hall–Kier alpha value is -1.42. The Labute approximate surface area is 118 Å². The molecule has 0 saturated carbocycles. The number of nitrogens with zero attached hydrogens (tertiary/aromatic N) is 2. The molecular weight excluding hydrogens is 283 g/mol. The second kappa shape index (κ2) is 6.66. The minimum atomic E-state index is -0.325. The highest BCUT2D eigenvalue weighted by Crippen LogP contribution is 2.26. The van der Waals surface area contributed by atoms with Crippen molar-refractivity contribution in [3.8, 4) is 11.8 Å². The van der Waals surface area contributed by atoms with E-state index in [0.29, 0.717) is 11.3 Å². The number of aliphatic hydroxyl groups excluding tert-OH is 1. The summed E-state index contributed by atoms with van der Waals surface area (Å²) in [6, 6.07) is 4.64. The van der Waals surface area contributed by atoms with Gasteiger partial charge in [0.15, 0.2) is 4.34 Å². The Morgan fingerprint density at radius 2 is 2.21 bits per heavy atom. The lowest BCUT2D eigenvalue weighted by molar-refractivity contribution is 0.350. The molecule has 0 bridgehead atoms. The minimum absolute atomic E-state index is 0.231. The van der Waals surface area contributed by atoms with Crippen LogP contribution in [0.1, 0.15) is 16.1 Å². The smallest absolute Gasteiger partial charge is 0.174 e. The first-order valence-corrected chi connectivity index (χ1v) is 7.29. The number of hydrogen-bond donors (Lipinski definition) is 1. The van der Waals surface area contributed by atoms with E-state index >= 15 is 0 Å². The molecule has 0 unspecified atom stereocenters. The Kier molecular flexibility index (Phi) is 4.91. The highest BCUT2D eigenvalue weighted by molar-refractivity contribution is 8.00. The number of aliphatic hydroxyl groups is 1. The SMILES string of the molecule is Cc1nnc(SCc2cc(F)cc(C#CCO)c2)s1. The molecule has 2 rings (SSSR count). The van der Waals surface area contributed by atoms with E-state index in [-0.39, 0.29) is 12.4 Å². The van der Waals surface area contributed by atoms with Crippen molar-refractivity contribution < 1.29 is 9.50 Å². The fourth-order valence-electron chi connectivity index (χ4n) is 1.43. The van der Waals surface area contributed by atoms with Gasteiger partial charge in [-0.2, -0.15) is 0 Å². The summed E-state index contributed by atoms with van der Waals surface area (Å²) in [7, 11) is 0. The molecule has 1 aromatic carbocycles. The summed E-state index contributed by atoms with van der Waals surface area (Å²) in [5, 5.41) is 17.5. The number of thioether (sulfide) groups is 1. The van der Waals surface area contributed by atoms with Gasteiger partial charge < -0.3 is 5.11 Å². The lowest BCUT2D eigenvalue weighted by Gasteiger charge is -2.01. The van der Waals surface area contributed by atoms with Crippen molar-refractivity contribution in [3.05, 3.63) is 40.2 Å². The second-order valence-corrected chi connectivity index (χ2v) is 6.09. The monoisotopic (exact) mass is 294 g/mol. The van der Waals surface area contributed by atoms with Crippen molar-refractivity contribution in [2.45, 2.75) is 17.0 Å². The molecule has 0 amide bonds. The van der Waals surface area contributed by atoms with Gasteiger partial charge in [-0.3, -0.25) is 0 Å². The van der Waals surface area contributed by atoms with Crippen LogP contribution in [-0.4, -0.2) is 21.9 Å². The first-order chi connectivity index (χ1) is 9.17. The summed E-state index contributed by atoms with van der Waals surface area (Å²) in [6.07, 6.45) is 0. The highest BCUT2D eigenvalue weighted by atomic mass is 32.2. The van der Waals surface area contributed by atoms with E-state index in [2.05, 4.69) is 22.0 Å². The fourth-order valence-corrected chi connectivity index (χ4v) is 3.17. The molecule has 0 radical (unpaired) electrons. The van der Waals surface area contributed by atoms with Gasteiger partial charge in [0.2, 0.25) is 0 Å². The molecule has 1 aromatic heterocycles. The lowest BCUT2D eigenvalue weighted by atomic mass is 10.1. The van der Waals surface area contributed by atoms with Crippen LogP contribution in [0.2, 0.25) is 0 Å². The van der Waals surface area contributed by atoms with E-state index in [1.807, 2.05) is 13.0 Å². The number of halogens is 1. The summed E-state index contributed by atoms with van der Waals surface area (Å²) in [5.41, 5.74) is 1.40. The number of aryl methyl sites for hydroxylation is 1. The van der Waals surface area contributed by atoms with E-state index in [4.69, 9.17) is 5.11 Å². The molecule has 1 N–H and O–H groups in total. The maximum atomic E-state index is 13.4. The van der Waals surface area contributed by atoms with Gasteiger partial charge in [0.05, 0.1) is 0 Å². The zero-order chi connectivity index (χ0) is 13.7. The van der Waals surface area contributed by atoms with Crippen molar-refractivity contribution in [1.29, 1.82) is 0 Å². The third-order valence-electron chi connectivity index (χ3n) is 2.14. The Morgan fingerprint density at radius 3 is 2.89 bits per heavy atom. The van der Waals surface area contributed by atoms with Crippen molar-refractivity contribution in [2.24, 2.45) is 0 Å². The zero-order valence-electron chi connectivity index (χ0n) is 10.2. The highest BCUT2D eigenvalue weighted by Gasteiger charge is 2.04. The van der Waals surface area contributed by atoms with Crippen LogP contribution in [0.15, 0.2) is 22.5 Å². The summed E-state index contributed by atoms with van der Waals surface area (Å²) in [5.74, 6) is 5.50. The maximum absolute atomic E-state index is 13.4. The van der Waals surface area contributed by atoms with Gasteiger partial charge in [-0.25, -0.2) is 4.39 Å². The van der Waals surface area contributed by atoms with Crippen LogP contribution in [0, 0.1) is 24.6 Å². The number of aromatic nitrogens is 2.